The number of hydrogen-bond donors (Lipinski definition) is 0. The maximum Gasteiger partial charge on any atom is 0.253 e. The molecule has 0 bridgehead atoms. The van der Waals surface area contributed by atoms with Gasteiger partial charge in [0.25, 0.3) is 5.91 Å². The zero-order valence-electron chi connectivity index (χ0n) is 13.3. The molecule has 4 nitrogen and oxygen atoms in total. The van der Waals surface area contributed by atoms with Crippen LogP contribution in [-0.2, 0) is 19.9 Å². The Labute approximate surface area is 158 Å². The maximum atomic E-state index is 13.6. The van der Waals surface area contributed by atoms with Crippen molar-refractivity contribution < 1.29 is 23.1 Å². The molecule has 0 spiro atoms. The number of rotatable bonds is 4. The topological polar surface area (TPSA) is 46.6 Å². The van der Waals surface area contributed by atoms with E-state index >= 15 is 0 Å². The van der Waals surface area contributed by atoms with Crippen molar-refractivity contribution in [3.05, 3.63) is 63.6 Å². The van der Waals surface area contributed by atoms with Crippen molar-refractivity contribution in [2.45, 2.75) is 12.0 Å². The Hall–Kier alpha value is -2.02. The van der Waals surface area contributed by atoms with E-state index in [9.17, 15) is 18.4 Å². The fourth-order valence-electron chi connectivity index (χ4n) is 2.89. The summed E-state index contributed by atoms with van der Waals surface area (Å²) in [4.78, 5) is 24.8. The second-order valence-electron chi connectivity index (χ2n) is 5.86. The van der Waals surface area contributed by atoms with Gasteiger partial charge in [0.2, 0.25) is 0 Å². The van der Waals surface area contributed by atoms with E-state index in [2.05, 4.69) is 0 Å². The summed E-state index contributed by atoms with van der Waals surface area (Å²) in [6, 6.07) is 7.94. The molecular formula is C18H13Cl2F2NO3. The Kier molecular flexibility index (Phi) is 5.27. The Morgan fingerprint density at radius 1 is 1.12 bits per heavy atom. The Morgan fingerprint density at radius 3 is 2.54 bits per heavy atom. The number of benzene rings is 2. The average molecular weight is 400 g/mol. The summed E-state index contributed by atoms with van der Waals surface area (Å²) in [6.45, 7) is -0.388. The first-order chi connectivity index (χ1) is 12.4. The molecule has 0 aliphatic carbocycles. The van der Waals surface area contributed by atoms with Crippen LogP contribution in [0.3, 0.4) is 0 Å². The molecule has 136 valence electrons. The van der Waals surface area contributed by atoms with Crippen molar-refractivity contribution in [1.29, 1.82) is 0 Å². The molecule has 1 heterocycles. The number of ether oxygens (including phenoxy) is 1. The number of carbonyl (C=O) groups excluding carboxylic acids is 2. The molecule has 26 heavy (non-hydrogen) atoms. The summed E-state index contributed by atoms with van der Waals surface area (Å²) in [6.07, 6.45) is 0.611. The van der Waals surface area contributed by atoms with Gasteiger partial charge in [0.15, 0.2) is 11.6 Å². The summed E-state index contributed by atoms with van der Waals surface area (Å²) >= 11 is 12.0. The van der Waals surface area contributed by atoms with Gasteiger partial charge in [-0.25, -0.2) is 8.78 Å². The molecule has 1 aliphatic rings. The van der Waals surface area contributed by atoms with Gasteiger partial charge in [-0.15, -0.1) is 0 Å². The van der Waals surface area contributed by atoms with Crippen LogP contribution in [0.1, 0.15) is 12.0 Å². The van der Waals surface area contributed by atoms with E-state index < -0.39 is 23.1 Å². The molecule has 1 saturated heterocycles. The number of hydrogen-bond acceptors (Lipinski definition) is 3. The van der Waals surface area contributed by atoms with E-state index in [1.807, 2.05) is 0 Å². The molecule has 1 unspecified atom stereocenters. The summed E-state index contributed by atoms with van der Waals surface area (Å²) in [5, 5.41) is 0.607. The molecule has 2 aromatic rings. The van der Waals surface area contributed by atoms with Gasteiger partial charge in [-0.1, -0.05) is 29.3 Å². The predicted molar refractivity (Wildman–Crippen MR) is 93.5 cm³/mol. The molecule has 0 N–H and O–H groups in total. The highest BCUT2D eigenvalue weighted by Crippen LogP contribution is 2.37. The van der Waals surface area contributed by atoms with Crippen LogP contribution < -0.4 is 4.90 Å². The van der Waals surface area contributed by atoms with Gasteiger partial charge in [0.1, 0.15) is 18.5 Å². The third-order valence-electron chi connectivity index (χ3n) is 4.26. The largest absolute Gasteiger partial charge is 0.358 e. The number of carbonyl (C=O) groups is 2. The number of morpholine rings is 1. The van der Waals surface area contributed by atoms with E-state index in [0.717, 1.165) is 12.1 Å². The Balaban J connectivity index is 2.03. The lowest BCUT2D eigenvalue weighted by Gasteiger charge is -2.42. The smallest absolute Gasteiger partial charge is 0.253 e. The van der Waals surface area contributed by atoms with E-state index in [0.29, 0.717) is 16.9 Å². The molecule has 0 aromatic heterocycles. The first-order valence-electron chi connectivity index (χ1n) is 7.65. The normalized spacial score (nSPS) is 20.3. The van der Waals surface area contributed by atoms with Crippen molar-refractivity contribution in [2.24, 2.45) is 0 Å². The van der Waals surface area contributed by atoms with Gasteiger partial charge in [0.05, 0.1) is 16.6 Å². The van der Waals surface area contributed by atoms with Crippen LogP contribution in [0.25, 0.3) is 0 Å². The fraction of sp³-hybridized carbons (Fsp3) is 0.222. The van der Waals surface area contributed by atoms with Crippen molar-refractivity contribution >= 4 is 41.1 Å². The first-order valence-corrected chi connectivity index (χ1v) is 8.40. The third kappa shape index (κ3) is 3.45. The van der Waals surface area contributed by atoms with Crippen LogP contribution in [0.4, 0.5) is 14.5 Å². The van der Waals surface area contributed by atoms with Crippen molar-refractivity contribution in [3.63, 3.8) is 0 Å². The van der Waals surface area contributed by atoms with Gasteiger partial charge in [-0.05, 0) is 29.8 Å². The van der Waals surface area contributed by atoms with Crippen LogP contribution >= 0.6 is 23.2 Å². The predicted octanol–water partition coefficient (Wildman–Crippen LogP) is 4.12. The quantitative estimate of drug-likeness (QED) is 0.726. The lowest BCUT2D eigenvalue weighted by molar-refractivity contribution is -0.143. The van der Waals surface area contributed by atoms with Gasteiger partial charge < -0.3 is 14.4 Å². The Morgan fingerprint density at radius 2 is 1.88 bits per heavy atom. The van der Waals surface area contributed by atoms with Crippen molar-refractivity contribution in [1.82, 2.24) is 0 Å². The van der Waals surface area contributed by atoms with Crippen LogP contribution in [0.2, 0.25) is 10.0 Å². The summed E-state index contributed by atoms with van der Waals surface area (Å²) in [5.41, 5.74) is -0.444. The van der Waals surface area contributed by atoms with Crippen molar-refractivity contribution in [3.8, 4) is 0 Å². The summed E-state index contributed by atoms with van der Waals surface area (Å²) in [5.74, 6) is -2.52. The minimum Gasteiger partial charge on any atom is -0.358 e. The third-order valence-corrected chi connectivity index (χ3v) is 5.00. The molecule has 0 radical (unpaired) electrons. The second-order valence-corrected chi connectivity index (χ2v) is 6.68. The highest BCUT2D eigenvalue weighted by molar-refractivity contribution is 6.42. The number of nitrogens with zero attached hydrogens (tertiary/aromatic N) is 1. The lowest BCUT2D eigenvalue weighted by Crippen LogP contribution is -2.53. The lowest BCUT2D eigenvalue weighted by atomic mass is 9.88. The highest BCUT2D eigenvalue weighted by Gasteiger charge is 2.42. The summed E-state index contributed by atoms with van der Waals surface area (Å²) < 4.78 is 32.5. The van der Waals surface area contributed by atoms with Gasteiger partial charge >= 0.3 is 0 Å². The monoisotopic (exact) mass is 399 g/mol. The number of anilines is 1. The molecular weight excluding hydrogens is 387 g/mol. The molecule has 8 heteroatoms. The minimum absolute atomic E-state index is 0.0571. The number of halogens is 4. The van der Waals surface area contributed by atoms with Crippen LogP contribution in [-0.4, -0.2) is 25.3 Å². The summed E-state index contributed by atoms with van der Waals surface area (Å²) in [7, 11) is 0. The molecule has 2 aromatic carbocycles. The van der Waals surface area contributed by atoms with Gasteiger partial charge in [0, 0.05) is 18.2 Å². The van der Waals surface area contributed by atoms with E-state index in [1.165, 1.54) is 11.0 Å². The minimum atomic E-state index is -1.17. The van der Waals surface area contributed by atoms with Crippen molar-refractivity contribution in [2.75, 3.05) is 18.1 Å². The molecule has 1 atom stereocenters. The highest BCUT2D eigenvalue weighted by atomic mass is 35.5. The van der Waals surface area contributed by atoms with E-state index in [4.69, 9.17) is 27.9 Å². The molecule has 1 amide bonds. The number of aldehydes is 1. The molecule has 3 rings (SSSR count). The van der Waals surface area contributed by atoms with Gasteiger partial charge in [-0.3, -0.25) is 4.79 Å². The zero-order chi connectivity index (χ0) is 18.9. The number of amides is 1. The first kappa shape index (κ1) is 18.8. The maximum absolute atomic E-state index is 13.6. The Bertz CT molecular complexity index is 878. The van der Waals surface area contributed by atoms with Crippen LogP contribution in [0.15, 0.2) is 36.4 Å². The molecule has 0 saturated carbocycles. The van der Waals surface area contributed by atoms with E-state index in [-0.39, 0.29) is 30.3 Å². The van der Waals surface area contributed by atoms with Crippen LogP contribution in [0.5, 0.6) is 0 Å². The molecule has 1 fully saturated rings. The van der Waals surface area contributed by atoms with E-state index in [1.54, 1.807) is 18.2 Å². The van der Waals surface area contributed by atoms with Gasteiger partial charge in [-0.2, -0.15) is 0 Å². The SMILES string of the molecule is O=CCC1(c2ccc(Cl)c(Cl)c2)CN(c2ccc(F)c(F)c2)C(=O)CO1. The standard InChI is InChI=1S/C18H13Cl2F2NO3/c19-13-3-1-11(7-14(13)20)18(5-6-24)10-23(17(25)9-26-18)12-2-4-15(21)16(22)8-12/h1-4,6-8H,5,9-10H2. The average Bonchev–Trinajstić information content (AvgIpc) is 2.62. The zero-order valence-corrected chi connectivity index (χ0v) is 14.9. The molecule has 1 aliphatic heterocycles. The fourth-order valence-corrected chi connectivity index (χ4v) is 3.18. The second kappa shape index (κ2) is 7.31. The van der Waals surface area contributed by atoms with Crippen LogP contribution in [0, 0.1) is 11.6 Å².